The van der Waals surface area contributed by atoms with Crippen LogP contribution in [0.2, 0.25) is 0 Å². The van der Waals surface area contributed by atoms with Crippen LogP contribution in [0.25, 0.3) is 5.31 Å². The van der Waals surface area contributed by atoms with E-state index < -0.39 is 7.60 Å². The molecule has 1 aromatic carbocycles. The Balaban J connectivity index is 2.51. The maximum atomic E-state index is 13.8. The Morgan fingerprint density at radius 2 is 1.76 bits per heavy atom. The summed E-state index contributed by atoms with van der Waals surface area (Å²) in [5.41, 5.74) is 1.41. The quantitative estimate of drug-likeness (QED) is 0.455. The predicted molar refractivity (Wildman–Crippen MR) is 113 cm³/mol. The van der Waals surface area contributed by atoms with Gasteiger partial charge in [0.2, 0.25) is 5.75 Å². The Bertz CT molecular complexity index is 844. The van der Waals surface area contributed by atoms with Gasteiger partial charge in [0, 0.05) is 12.4 Å². The zero-order valence-corrected chi connectivity index (χ0v) is 18.4. The maximum Gasteiger partial charge on any atom is 0.361 e. The highest BCUT2D eigenvalue weighted by atomic mass is 31.2. The molecule has 0 aliphatic rings. The lowest BCUT2D eigenvalue weighted by molar-refractivity contribution is 0.214. The zero-order valence-electron chi connectivity index (χ0n) is 17.5. The molecule has 29 heavy (non-hydrogen) atoms. The number of hydrogen-bond acceptors (Lipinski definition) is 7. The molecule has 1 heterocycles. The van der Waals surface area contributed by atoms with Crippen molar-refractivity contribution in [3.05, 3.63) is 53.9 Å². The molecule has 0 spiro atoms. The molecule has 2 rings (SSSR count). The van der Waals surface area contributed by atoms with Gasteiger partial charge >= 0.3 is 7.60 Å². The van der Waals surface area contributed by atoms with E-state index in [2.05, 4.69) is 4.98 Å². The van der Waals surface area contributed by atoms with Crippen molar-refractivity contribution in [3.63, 3.8) is 0 Å². The van der Waals surface area contributed by atoms with Gasteiger partial charge < -0.3 is 23.3 Å². The van der Waals surface area contributed by atoms with Crippen LogP contribution in [0, 0.1) is 0 Å². The van der Waals surface area contributed by atoms with Crippen molar-refractivity contribution in [1.29, 1.82) is 0 Å². The van der Waals surface area contributed by atoms with Gasteiger partial charge in [0.15, 0.2) is 11.5 Å². The van der Waals surface area contributed by atoms with Crippen molar-refractivity contribution in [3.8, 4) is 17.2 Å². The van der Waals surface area contributed by atoms with Crippen LogP contribution < -0.4 is 14.2 Å². The Hall–Kier alpha value is -2.34. The van der Waals surface area contributed by atoms with Gasteiger partial charge in [0.1, 0.15) is 0 Å². The van der Waals surface area contributed by atoms with Gasteiger partial charge in [-0.25, -0.2) is 0 Å². The third kappa shape index (κ3) is 5.60. The standard InChI is InChI=1S/C21H28NO6P/c1-6-9-20(17-12-18(24-3)21(26-5)19(13-17)25-4)29(23,27-7-2)28-15-16-10-8-11-22-14-16/h8-14H,6-7,15H2,1-5H3/b20-9-. The van der Waals surface area contributed by atoms with Crippen LogP contribution in [0.3, 0.4) is 0 Å². The molecule has 0 amide bonds. The molecule has 0 bridgehead atoms. The summed E-state index contributed by atoms with van der Waals surface area (Å²) in [6, 6.07) is 7.13. The molecule has 1 aromatic heterocycles. The van der Waals surface area contributed by atoms with E-state index in [-0.39, 0.29) is 13.2 Å². The van der Waals surface area contributed by atoms with E-state index in [1.807, 2.05) is 19.1 Å². The highest BCUT2D eigenvalue weighted by Crippen LogP contribution is 2.62. The number of allylic oxidation sites excluding steroid dienone is 1. The Kier molecular flexibility index (Phi) is 8.70. The Morgan fingerprint density at radius 3 is 2.24 bits per heavy atom. The van der Waals surface area contributed by atoms with Gasteiger partial charge in [-0.2, -0.15) is 0 Å². The average Bonchev–Trinajstić information content (AvgIpc) is 2.75. The summed E-state index contributed by atoms with van der Waals surface area (Å²) in [7, 11) is 0.963. The molecule has 0 saturated carbocycles. The zero-order chi connectivity index (χ0) is 21.3. The average molecular weight is 421 g/mol. The summed E-state index contributed by atoms with van der Waals surface area (Å²) in [5, 5.41) is 0.449. The molecule has 0 aliphatic carbocycles. The summed E-state index contributed by atoms with van der Waals surface area (Å²) >= 11 is 0. The third-order valence-corrected chi connectivity index (χ3v) is 6.17. The minimum atomic E-state index is -3.64. The molecule has 158 valence electrons. The third-order valence-electron chi connectivity index (χ3n) is 4.08. The number of nitrogens with zero attached hydrogens (tertiary/aromatic N) is 1. The number of aromatic nitrogens is 1. The van der Waals surface area contributed by atoms with Gasteiger partial charge in [0.05, 0.1) is 39.9 Å². The summed E-state index contributed by atoms with van der Waals surface area (Å²) in [5.74, 6) is 1.37. The largest absolute Gasteiger partial charge is 0.493 e. The number of pyridine rings is 1. The van der Waals surface area contributed by atoms with Gasteiger partial charge in [-0.05, 0) is 42.7 Å². The molecule has 0 aliphatic heterocycles. The molecule has 2 aromatic rings. The minimum Gasteiger partial charge on any atom is -0.493 e. The number of rotatable bonds is 11. The van der Waals surface area contributed by atoms with Crippen LogP contribution in [0.4, 0.5) is 0 Å². The molecule has 7 nitrogen and oxygen atoms in total. The first-order valence-electron chi connectivity index (χ1n) is 9.32. The van der Waals surface area contributed by atoms with E-state index in [9.17, 15) is 4.57 Å². The van der Waals surface area contributed by atoms with Gasteiger partial charge in [-0.15, -0.1) is 0 Å². The van der Waals surface area contributed by atoms with E-state index >= 15 is 0 Å². The summed E-state index contributed by atoms with van der Waals surface area (Å²) in [6.45, 7) is 4.07. The molecule has 8 heteroatoms. The smallest absolute Gasteiger partial charge is 0.361 e. The fraction of sp³-hybridized carbons (Fsp3) is 0.381. The summed E-state index contributed by atoms with van der Waals surface area (Å²) in [4.78, 5) is 4.06. The monoisotopic (exact) mass is 421 g/mol. The molecule has 0 radical (unpaired) electrons. The van der Waals surface area contributed by atoms with E-state index in [1.165, 1.54) is 21.3 Å². The summed E-state index contributed by atoms with van der Waals surface area (Å²) in [6.07, 6.45) is 5.81. The SMILES string of the molecule is CC/C=C(/c1cc(OC)c(OC)c(OC)c1)P(=O)(OCC)OCc1cccnc1. The van der Waals surface area contributed by atoms with E-state index in [0.717, 1.165) is 5.56 Å². The van der Waals surface area contributed by atoms with Crippen LogP contribution in [-0.4, -0.2) is 32.9 Å². The lowest BCUT2D eigenvalue weighted by Gasteiger charge is -2.22. The second-order valence-electron chi connectivity index (χ2n) is 5.96. The van der Waals surface area contributed by atoms with Crippen molar-refractivity contribution >= 4 is 12.9 Å². The first kappa shape index (κ1) is 22.9. The van der Waals surface area contributed by atoms with Gasteiger partial charge in [-0.1, -0.05) is 19.1 Å². The second-order valence-corrected chi connectivity index (χ2v) is 7.95. The molecular formula is C21H28NO6P. The van der Waals surface area contributed by atoms with Crippen LogP contribution in [0.5, 0.6) is 17.2 Å². The normalized spacial score (nSPS) is 13.6. The number of hydrogen-bond donors (Lipinski definition) is 0. The van der Waals surface area contributed by atoms with Crippen LogP contribution in [-0.2, 0) is 20.2 Å². The van der Waals surface area contributed by atoms with Crippen LogP contribution >= 0.6 is 7.60 Å². The molecular weight excluding hydrogens is 393 g/mol. The van der Waals surface area contributed by atoms with E-state index in [4.69, 9.17) is 23.3 Å². The highest BCUT2D eigenvalue weighted by Gasteiger charge is 2.32. The highest BCUT2D eigenvalue weighted by molar-refractivity contribution is 7.65. The topological polar surface area (TPSA) is 76.1 Å². The summed E-state index contributed by atoms with van der Waals surface area (Å²) < 4.78 is 41.5. The fourth-order valence-electron chi connectivity index (χ4n) is 2.80. The minimum absolute atomic E-state index is 0.108. The molecule has 1 atom stereocenters. The Labute approximate surface area is 172 Å². The van der Waals surface area contributed by atoms with E-state index in [0.29, 0.717) is 34.5 Å². The van der Waals surface area contributed by atoms with Crippen molar-refractivity contribution in [1.82, 2.24) is 4.98 Å². The van der Waals surface area contributed by atoms with Crippen LogP contribution in [0.1, 0.15) is 31.4 Å². The Morgan fingerprint density at radius 1 is 1.07 bits per heavy atom. The van der Waals surface area contributed by atoms with Crippen molar-refractivity contribution in [2.45, 2.75) is 26.9 Å². The van der Waals surface area contributed by atoms with Crippen molar-refractivity contribution in [2.75, 3.05) is 27.9 Å². The van der Waals surface area contributed by atoms with Crippen molar-refractivity contribution in [2.24, 2.45) is 0 Å². The first-order chi connectivity index (χ1) is 14.0. The lowest BCUT2D eigenvalue weighted by Crippen LogP contribution is -2.02. The molecule has 0 saturated heterocycles. The predicted octanol–water partition coefficient (Wildman–Crippen LogP) is 5.30. The molecule has 1 unspecified atom stereocenters. The van der Waals surface area contributed by atoms with Gasteiger partial charge in [-0.3, -0.25) is 9.55 Å². The molecule has 0 fully saturated rings. The van der Waals surface area contributed by atoms with E-state index in [1.54, 1.807) is 37.5 Å². The van der Waals surface area contributed by atoms with Crippen molar-refractivity contribution < 1.29 is 27.8 Å². The fourth-order valence-corrected chi connectivity index (χ4v) is 4.66. The number of ether oxygens (including phenoxy) is 3. The number of benzene rings is 1. The second kappa shape index (κ2) is 11.0. The number of methoxy groups -OCH3 is 3. The molecule has 0 N–H and O–H groups in total. The van der Waals surface area contributed by atoms with Crippen LogP contribution in [0.15, 0.2) is 42.7 Å². The maximum absolute atomic E-state index is 13.8. The first-order valence-corrected chi connectivity index (χ1v) is 10.9. The lowest BCUT2D eigenvalue weighted by atomic mass is 10.1. The van der Waals surface area contributed by atoms with Gasteiger partial charge in [0.25, 0.3) is 0 Å².